The first-order valence-electron chi connectivity index (χ1n) is 7.41. The van der Waals surface area contributed by atoms with Crippen molar-refractivity contribution in [3.8, 4) is 17.1 Å². The van der Waals surface area contributed by atoms with Crippen LogP contribution in [0, 0.1) is 0 Å². The first-order chi connectivity index (χ1) is 11.8. The zero-order chi connectivity index (χ0) is 16.5. The number of amides is 1. The molecule has 118 valence electrons. The topological polar surface area (TPSA) is 86.1 Å². The van der Waals surface area contributed by atoms with Gasteiger partial charge in [0.2, 0.25) is 0 Å². The third-order valence-electron chi connectivity index (χ3n) is 3.75. The van der Waals surface area contributed by atoms with Crippen LogP contribution in [0.4, 0.5) is 0 Å². The number of hydrogen-bond acceptors (Lipinski definition) is 4. The summed E-state index contributed by atoms with van der Waals surface area (Å²) >= 11 is 0. The highest BCUT2D eigenvalue weighted by Crippen LogP contribution is 2.30. The lowest BCUT2D eigenvalue weighted by molar-refractivity contribution is 0.0948. The van der Waals surface area contributed by atoms with Crippen LogP contribution in [-0.2, 0) is 0 Å². The Bertz CT molecular complexity index is 985. The molecule has 2 aromatic carbocycles. The van der Waals surface area contributed by atoms with Gasteiger partial charge in [-0.05, 0) is 24.3 Å². The maximum Gasteiger partial charge on any atom is 0.285 e. The summed E-state index contributed by atoms with van der Waals surface area (Å²) in [6, 6.07) is 20.9. The summed E-state index contributed by atoms with van der Waals surface area (Å²) in [6.07, 6.45) is 0. The van der Waals surface area contributed by atoms with Gasteiger partial charge in [-0.1, -0.05) is 36.4 Å². The molecule has 2 aromatic heterocycles. The fourth-order valence-electron chi connectivity index (χ4n) is 2.62. The molecule has 0 saturated heterocycles. The van der Waals surface area contributed by atoms with Gasteiger partial charge < -0.3 is 4.42 Å². The Morgan fingerprint density at radius 3 is 2.54 bits per heavy atom. The molecule has 6 nitrogen and oxygen atoms in total. The third-order valence-corrected chi connectivity index (χ3v) is 3.75. The van der Waals surface area contributed by atoms with Gasteiger partial charge in [-0.2, -0.15) is 5.10 Å². The minimum Gasteiger partial charge on any atom is -0.454 e. The van der Waals surface area contributed by atoms with Gasteiger partial charge in [0, 0.05) is 11.5 Å². The molecule has 0 bridgehead atoms. The summed E-state index contributed by atoms with van der Waals surface area (Å²) in [5.41, 5.74) is 4.60. The Morgan fingerprint density at radius 1 is 1.04 bits per heavy atom. The molecule has 0 saturated carbocycles. The molecule has 0 spiro atoms. The molecule has 0 aliphatic rings. The number of nitrogen functional groups attached to an aromatic ring is 1. The number of rotatable bonds is 3. The first-order valence-corrected chi connectivity index (χ1v) is 7.41. The molecule has 3 N–H and O–H groups in total. The Kier molecular flexibility index (Phi) is 3.36. The van der Waals surface area contributed by atoms with Crippen LogP contribution < -0.4 is 11.3 Å². The van der Waals surface area contributed by atoms with Crippen molar-refractivity contribution in [3.05, 3.63) is 72.4 Å². The molecule has 0 fully saturated rings. The van der Waals surface area contributed by atoms with Crippen molar-refractivity contribution in [2.75, 3.05) is 0 Å². The van der Waals surface area contributed by atoms with Gasteiger partial charge in [-0.3, -0.25) is 10.2 Å². The SMILES string of the molecule is NNC(=O)c1cc(-c2cc3ccccc3o2)n(-c2ccccc2)n1. The highest BCUT2D eigenvalue weighted by atomic mass is 16.3. The van der Waals surface area contributed by atoms with Gasteiger partial charge in [0.15, 0.2) is 11.5 Å². The van der Waals surface area contributed by atoms with E-state index < -0.39 is 5.91 Å². The van der Waals surface area contributed by atoms with E-state index in [1.807, 2.05) is 60.7 Å². The molecule has 2 heterocycles. The van der Waals surface area contributed by atoms with Crippen LogP contribution in [0.1, 0.15) is 10.5 Å². The van der Waals surface area contributed by atoms with Crippen molar-refractivity contribution in [2.45, 2.75) is 0 Å². The molecule has 0 aliphatic carbocycles. The summed E-state index contributed by atoms with van der Waals surface area (Å²) in [4.78, 5) is 11.9. The lowest BCUT2D eigenvalue weighted by Crippen LogP contribution is -2.30. The van der Waals surface area contributed by atoms with Crippen LogP contribution in [0.3, 0.4) is 0 Å². The second kappa shape index (κ2) is 5.68. The summed E-state index contributed by atoms with van der Waals surface area (Å²) in [5, 5.41) is 5.35. The van der Waals surface area contributed by atoms with E-state index in [-0.39, 0.29) is 5.69 Å². The van der Waals surface area contributed by atoms with Gasteiger partial charge in [-0.25, -0.2) is 10.5 Å². The van der Waals surface area contributed by atoms with Crippen molar-refractivity contribution >= 4 is 16.9 Å². The van der Waals surface area contributed by atoms with Gasteiger partial charge in [-0.15, -0.1) is 0 Å². The van der Waals surface area contributed by atoms with Crippen LogP contribution in [0.15, 0.2) is 71.1 Å². The highest BCUT2D eigenvalue weighted by molar-refractivity contribution is 5.93. The van der Waals surface area contributed by atoms with Crippen LogP contribution in [-0.4, -0.2) is 15.7 Å². The average Bonchev–Trinajstić information content (AvgIpc) is 3.25. The van der Waals surface area contributed by atoms with Crippen molar-refractivity contribution in [2.24, 2.45) is 5.84 Å². The number of nitrogens with two attached hydrogens (primary N) is 1. The second-order valence-electron chi connectivity index (χ2n) is 5.28. The summed E-state index contributed by atoms with van der Waals surface area (Å²) in [5.74, 6) is 5.40. The smallest absolute Gasteiger partial charge is 0.285 e. The number of nitrogens with one attached hydrogen (secondary N) is 1. The summed E-state index contributed by atoms with van der Waals surface area (Å²) in [6.45, 7) is 0. The Hall–Kier alpha value is -3.38. The number of hydrazine groups is 1. The molecule has 0 radical (unpaired) electrons. The molecule has 0 aliphatic heterocycles. The van der Waals surface area contributed by atoms with Crippen LogP contribution >= 0.6 is 0 Å². The number of carbonyl (C=O) groups is 1. The lowest BCUT2D eigenvalue weighted by atomic mass is 10.2. The molecule has 1 amide bonds. The monoisotopic (exact) mass is 318 g/mol. The minimum absolute atomic E-state index is 0.219. The minimum atomic E-state index is -0.456. The summed E-state index contributed by atoms with van der Waals surface area (Å²) < 4.78 is 7.59. The van der Waals surface area contributed by atoms with Crippen LogP contribution in [0.2, 0.25) is 0 Å². The summed E-state index contributed by atoms with van der Waals surface area (Å²) in [7, 11) is 0. The molecule has 0 atom stereocenters. The second-order valence-corrected chi connectivity index (χ2v) is 5.28. The van der Waals surface area contributed by atoms with Gasteiger partial charge >= 0.3 is 0 Å². The highest BCUT2D eigenvalue weighted by Gasteiger charge is 2.18. The maximum atomic E-state index is 11.9. The number of carbonyl (C=O) groups excluding carboxylic acids is 1. The van der Waals surface area contributed by atoms with E-state index >= 15 is 0 Å². The number of furan rings is 1. The Morgan fingerprint density at radius 2 is 1.79 bits per heavy atom. The maximum absolute atomic E-state index is 11.9. The fraction of sp³-hybridized carbons (Fsp3) is 0. The number of aromatic nitrogens is 2. The van der Waals surface area contributed by atoms with E-state index in [9.17, 15) is 4.79 Å². The molecule has 4 aromatic rings. The zero-order valence-electron chi connectivity index (χ0n) is 12.6. The predicted octanol–water partition coefficient (Wildman–Crippen LogP) is 2.89. The zero-order valence-corrected chi connectivity index (χ0v) is 12.6. The largest absolute Gasteiger partial charge is 0.454 e. The molecule has 4 rings (SSSR count). The van der Waals surface area contributed by atoms with Crippen LogP contribution in [0.25, 0.3) is 28.1 Å². The van der Waals surface area contributed by atoms with E-state index in [0.29, 0.717) is 11.5 Å². The molecule has 24 heavy (non-hydrogen) atoms. The Labute approximate surface area is 137 Å². The van der Waals surface area contributed by atoms with E-state index in [1.165, 1.54) is 0 Å². The Balaban J connectivity index is 1.92. The number of benzene rings is 2. The van der Waals surface area contributed by atoms with E-state index in [0.717, 1.165) is 16.7 Å². The number of fused-ring (bicyclic) bond motifs is 1. The van der Waals surface area contributed by atoms with E-state index in [4.69, 9.17) is 10.3 Å². The average molecular weight is 318 g/mol. The van der Waals surface area contributed by atoms with Gasteiger partial charge in [0.1, 0.15) is 11.3 Å². The number of hydrogen-bond donors (Lipinski definition) is 2. The quantitative estimate of drug-likeness (QED) is 0.345. The van der Waals surface area contributed by atoms with Gasteiger partial charge in [0.25, 0.3) is 5.91 Å². The van der Waals surface area contributed by atoms with Gasteiger partial charge in [0.05, 0.1) is 5.69 Å². The molecular weight excluding hydrogens is 304 g/mol. The molecule has 0 unspecified atom stereocenters. The molecular formula is C18H14N4O2. The molecule has 6 heteroatoms. The standard InChI is InChI=1S/C18H14N4O2/c19-20-18(23)14-11-15(22(21-14)13-7-2-1-3-8-13)17-10-12-6-4-5-9-16(12)24-17/h1-11H,19H2,(H,20,23). The number of nitrogens with zero attached hydrogens (tertiary/aromatic N) is 2. The predicted molar refractivity (Wildman–Crippen MR) is 90.4 cm³/mol. The third kappa shape index (κ3) is 2.35. The lowest BCUT2D eigenvalue weighted by Gasteiger charge is -2.04. The van der Waals surface area contributed by atoms with Crippen molar-refractivity contribution in [1.29, 1.82) is 0 Å². The van der Waals surface area contributed by atoms with E-state index in [1.54, 1.807) is 10.7 Å². The van der Waals surface area contributed by atoms with Crippen molar-refractivity contribution in [1.82, 2.24) is 15.2 Å². The van der Waals surface area contributed by atoms with Crippen molar-refractivity contribution in [3.63, 3.8) is 0 Å². The van der Waals surface area contributed by atoms with Crippen LogP contribution in [0.5, 0.6) is 0 Å². The van der Waals surface area contributed by atoms with Crippen molar-refractivity contribution < 1.29 is 9.21 Å². The fourth-order valence-corrected chi connectivity index (χ4v) is 2.62. The number of para-hydroxylation sites is 2. The van der Waals surface area contributed by atoms with E-state index in [2.05, 4.69) is 10.5 Å². The normalized spacial score (nSPS) is 10.9. The first kappa shape index (κ1) is 14.2.